The Bertz CT molecular complexity index is 242. The van der Waals surface area contributed by atoms with E-state index >= 15 is 0 Å². The van der Waals surface area contributed by atoms with Crippen LogP contribution < -0.4 is 0 Å². The summed E-state index contributed by atoms with van der Waals surface area (Å²) in [5, 5.41) is 7.38. The summed E-state index contributed by atoms with van der Waals surface area (Å²) in [6.07, 6.45) is 0.539. The first-order valence-electron chi connectivity index (χ1n) is 4.13. The highest BCUT2D eigenvalue weighted by Crippen LogP contribution is 2.13. The van der Waals surface area contributed by atoms with E-state index in [9.17, 15) is 4.39 Å². The van der Waals surface area contributed by atoms with E-state index < -0.39 is 6.17 Å². The number of rotatable bonds is 3. The molecule has 1 heterocycles. The minimum Gasteiger partial charge on any atom is -0.315 e. The van der Waals surface area contributed by atoms with Crippen molar-refractivity contribution in [3.8, 4) is 0 Å². The van der Waals surface area contributed by atoms with Gasteiger partial charge in [-0.05, 0) is 12.8 Å². The molecule has 0 aliphatic carbocycles. The van der Waals surface area contributed by atoms with E-state index in [2.05, 4.69) is 24.0 Å². The average Bonchev–Trinajstić information content (AvgIpc) is 2.33. The van der Waals surface area contributed by atoms with Gasteiger partial charge in [-0.25, -0.2) is 4.39 Å². The number of hydrogen-bond donors (Lipinski definition) is 0. The maximum absolute atomic E-state index is 12.9. The fourth-order valence-corrected chi connectivity index (χ4v) is 1.11. The Morgan fingerprint density at radius 2 is 2.17 bits per heavy atom. The van der Waals surface area contributed by atoms with E-state index in [1.165, 1.54) is 6.92 Å². The Hall–Kier alpha value is -0.930. The van der Waals surface area contributed by atoms with Crippen molar-refractivity contribution in [3.63, 3.8) is 0 Å². The summed E-state index contributed by atoms with van der Waals surface area (Å²) in [6.45, 7) is 6.40. The Kier molecular flexibility index (Phi) is 2.78. The van der Waals surface area contributed by atoms with Gasteiger partial charge < -0.3 is 4.57 Å². The van der Waals surface area contributed by atoms with Gasteiger partial charge in [0.25, 0.3) is 0 Å². The first-order valence-corrected chi connectivity index (χ1v) is 4.13. The molecular weight excluding hydrogens is 157 g/mol. The molecule has 0 N–H and O–H groups in total. The lowest BCUT2D eigenvalue weighted by Gasteiger charge is -2.08. The second-order valence-electron chi connectivity index (χ2n) is 3.35. The molecule has 3 nitrogen and oxygen atoms in total. The zero-order chi connectivity index (χ0) is 9.14. The molecule has 68 valence electrons. The smallest absolute Gasteiger partial charge is 0.167 e. The molecule has 1 unspecified atom stereocenters. The third-order valence-electron chi connectivity index (χ3n) is 1.56. The van der Waals surface area contributed by atoms with Crippen molar-refractivity contribution in [1.82, 2.24) is 14.8 Å². The normalized spacial score (nSPS) is 13.8. The average molecular weight is 171 g/mol. The number of halogens is 1. The minimum atomic E-state index is -1.04. The summed E-state index contributed by atoms with van der Waals surface area (Å²) in [4.78, 5) is 0. The van der Waals surface area contributed by atoms with Gasteiger partial charge in [0.1, 0.15) is 6.33 Å². The zero-order valence-corrected chi connectivity index (χ0v) is 7.66. The molecule has 0 fully saturated rings. The van der Waals surface area contributed by atoms with Gasteiger partial charge in [-0.2, -0.15) is 0 Å². The van der Waals surface area contributed by atoms with E-state index in [0.29, 0.717) is 11.7 Å². The van der Waals surface area contributed by atoms with Crippen LogP contribution in [0.5, 0.6) is 0 Å². The van der Waals surface area contributed by atoms with Crippen molar-refractivity contribution in [1.29, 1.82) is 0 Å². The van der Waals surface area contributed by atoms with Gasteiger partial charge >= 0.3 is 0 Å². The Labute approximate surface area is 71.6 Å². The van der Waals surface area contributed by atoms with Crippen LogP contribution in [-0.4, -0.2) is 14.8 Å². The third kappa shape index (κ3) is 2.03. The Morgan fingerprint density at radius 3 is 2.67 bits per heavy atom. The largest absolute Gasteiger partial charge is 0.315 e. The number of nitrogens with zero attached hydrogens (tertiary/aromatic N) is 3. The standard InChI is InChI=1S/C8H14FN3/c1-6(2)4-12-5-10-11-8(12)7(3)9/h5-7H,4H2,1-3H3. The van der Waals surface area contributed by atoms with Crippen LogP contribution in [0.4, 0.5) is 4.39 Å². The molecule has 1 atom stereocenters. The van der Waals surface area contributed by atoms with E-state index in [4.69, 9.17) is 0 Å². The second kappa shape index (κ2) is 3.65. The van der Waals surface area contributed by atoms with E-state index in [1.54, 1.807) is 10.9 Å². The zero-order valence-electron chi connectivity index (χ0n) is 7.66. The summed E-state index contributed by atoms with van der Waals surface area (Å²) in [6, 6.07) is 0. The fraction of sp³-hybridized carbons (Fsp3) is 0.750. The summed E-state index contributed by atoms with van der Waals surface area (Å²) in [7, 11) is 0. The lowest BCUT2D eigenvalue weighted by Crippen LogP contribution is -2.08. The molecular formula is C8H14FN3. The quantitative estimate of drug-likeness (QED) is 0.696. The van der Waals surface area contributed by atoms with Gasteiger partial charge in [-0.3, -0.25) is 0 Å². The predicted molar refractivity (Wildman–Crippen MR) is 44.4 cm³/mol. The van der Waals surface area contributed by atoms with Gasteiger partial charge in [-0.15, -0.1) is 10.2 Å². The fourth-order valence-electron chi connectivity index (χ4n) is 1.11. The van der Waals surface area contributed by atoms with Crippen LogP contribution in [0.25, 0.3) is 0 Å². The van der Waals surface area contributed by atoms with Crippen molar-refractivity contribution in [3.05, 3.63) is 12.2 Å². The predicted octanol–water partition coefficient (Wildman–Crippen LogP) is 1.96. The molecule has 0 bridgehead atoms. The van der Waals surface area contributed by atoms with Gasteiger partial charge in [-0.1, -0.05) is 13.8 Å². The maximum atomic E-state index is 12.9. The monoisotopic (exact) mass is 171 g/mol. The highest BCUT2D eigenvalue weighted by atomic mass is 19.1. The Balaban J connectivity index is 2.77. The SMILES string of the molecule is CC(C)Cn1cnnc1C(C)F. The molecule has 0 amide bonds. The van der Waals surface area contributed by atoms with Crippen LogP contribution in [0, 0.1) is 5.92 Å². The maximum Gasteiger partial charge on any atom is 0.167 e. The number of hydrogen-bond acceptors (Lipinski definition) is 2. The highest BCUT2D eigenvalue weighted by Gasteiger charge is 2.11. The first kappa shape index (κ1) is 9.16. The highest BCUT2D eigenvalue weighted by molar-refractivity contribution is 4.89. The van der Waals surface area contributed by atoms with Crippen LogP contribution in [0.3, 0.4) is 0 Å². The summed E-state index contributed by atoms with van der Waals surface area (Å²) < 4.78 is 14.6. The molecule has 1 rings (SSSR count). The van der Waals surface area contributed by atoms with Crippen LogP contribution >= 0.6 is 0 Å². The van der Waals surface area contributed by atoms with E-state index in [0.717, 1.165) is 6.54 Å². The van der Waals surface area contributed by atoms with Crippen molar-refractivity contribution in [2.45, 2.75) is 33.5 Å². The van der Waals surface area contributed by atoms with Crippen LogP contribution in [0.1, 0.15) is 32.8 Å². The van der Waals surface area contributed by atoms with Crippen molar-refractivity contribution in [2.24, 2.45) is 5.92 Å². The molecule has 4 heteroatoms. The van der Waals surface area contributed by atoms with Crippen LogP contribution in [0.15, 0.2) is 6.33 Å². The number of aromatic nitrogens is 3. The molecule has 12 heavy (non-hydrogen) atoms. The minimum absolute atomic E-state index is 0.420. The van der Waals surface area contributed by atoms with E-state index in [1.807, 2.05) is 0 Å². The second-order valence-corrected chi connectivity index (χ2v) is 3.35. The molecule has 0 aliphatic heterocycles. The molecule has 0 aliphatic rings. The summed E-state index contributed by atoms with van der Waals surface area (Å²) >= 11 is 0. The molecule has 0 aromatic carbocycles. The third-order valence-corrected chi connectivity index (χ3v) is 1.56. The molecule has 1 aromatic rings. The van der Waals surface area contributed by atoms with Crippen LogP contribution in [0.2, 0.25) is 0 Å². The van der Waals surface area contributed by atoms with Crippen LogP contribution in [-0.2, 0) is 6.54 Å². The molecule has 0 saturated carbocycles. The summed E-state index contributed by atoms with van der Waals surface area (Å²) in [5.74, 6) is 0.905. The van der Waals surface area contributed by atoms with Crippen molar-refractivity contribution in [2.75, 3.05) is 0 Å². The van der Waals surface area contributed by atoms with Gasteiger partial charge in [0.2, 0.25) is 0 Å². The van der Waals surface area contributed by atoms with Crippen molar-refractivity contribution < 1.29 is 4.39 Å². The van der Waals surface area contributed by atoms with Gasteiger partial charge in [0.05, 0.1) is 0 Å². The summed E-state index contributed by atoms with van der Waals surface area (Å²) in [5.41, 5.74) is 0. The van der Waals surface area contributed by atoms with Gasteiger partial charge in [0, 0.05) is 6.54 Å². The topological polar surface area (TPSA) is 30.7 Å². The van der Waals surface area contributed by atoms with Crippen molar-refractivity contribution >= 4 is 0 Å². The molecule has 0 saturated heterocycles. The van der Waals surface area contributed by atoms with Gasteiger partial charge in [0.15, 0.2) is 12.0 Å². The molecule has 0 spiro atoms. The van der Waals surface area contributed by atoms with E-state index in [-0.39, 0.29) is 0 Å². The lowest BCUT2D eigenvalue weighted by atomic mass is 10.2. The molecule has 1 aromatic heterocycles. The number of alkyl halides is 1. The lowest BCUT2D eigenvalue weighted by molar-refractivity contribution is 0.336. The first-order chi connectivity index (χ1) is 5.61. The Morgan fingerprint density at radius 1 is 1.50 bits per heavy atom. The molecule has 0 radical (unpaired) electrons.